The summed E-state index contributed by atoms with van der Waals surface area (Å²) in [6.07, 6.45) is 6.47. The van der Waals surface area contributed by atoms with Gasteiger partial charge in [0.05, 0.1) is 24.9 Å². The Bertz CT molecular complexity index is 2240. The lowest BCUT2D eigenvalue weighted by atomic mass is 10.1. The summed E-state index contributed by atoms with van der Waals surface area (Å²) in [5, 5.41) is 0.612. The minimum atomic E-state index is -4.54. The van der Waals surface area contributed by atoms with Crippen LogP contribution in [0.15, 0.2) is 66.2 Å². The molecule has 14 heteroatoms. The summed E-state index contributed by atoms with van der Waals surface area (Å²) in [5.74, 6) is 1.78. The van der Waals surface area contributed by atoms with Gasteiger partial charge >= 0.3 is 6.18 Å². The average Bonchev–Trinajstić information content (AvgIpc) is 4.04. The highest BCUT2D eigenvalue weighted by atomic mass is 19.4. The minimum absolute atomic E-state index is 0.00432. The van der Waals surface area contributed by atoms with Crippen molar-refractivity contribution in [2.24, 2.45) is 0 Å². The zero-order valence-electron chi connectivity index (χ0n) is 25.9. The molecule has 2 saturated carbocycles. The molecule has 0 unspecified atom stereocenters. The van der Waals surface area contributed by atoms with Crippen LogP contribution in [0.25, 0.3) is 44.9 Å². The molecule has 242 valence electrons. The maximum atomic E-state index is 14.2. The standard InChI is InChI=1S/C34H28F3N9O2/c1-18-38-13-23(14-39-18)25-11-22-12-40-29(27-28(20-7-8-20)41-17-42-32(27)48-2)44-31(22)46(33(25)47)15-19-3-5-21(6-4-19)30-43-26(34(35,36)37)16-45(30)24-9-10-24/h3-6,11-14,16-17,20,24H,7-10,15H2,1-2H3. The normalized spacial score (nSPS) is 14.9. The predicted molar refractivity (Wildman–Crippen MR) is 169 cm³/mol. The molecule has 0 N–H and O–H groups in total. The lowest BCUT2D eigenvalue weighted by Crippen LogP contribution is -2.24. The van der Waals surface area contributed by atoms with Crippen molar-refractivity contribution in [2.45, 2.75) is 57.3 Å². The van der Waals surface area contributed by atoms with Gasteiger partial charge < -0.3 is 9.30 Å². The van der Waals surface area contributed by atoms with E-state index in [9.17, 15) is 18.0 Å². The number of aryl methyl sites for hydroxylation is 1. The molecule has 2 fully saturated rings. The Labute approximate surface area is 271 Å². The van der Waals surface area contributed by atoms with E-state index in [4.69, 9.17) is 9.72 Å². The third kappa shape index (κ3) is 5.46. The van der Waals surface area contributed by atoms with Gasteiger partial charge in [-0.15, -0.1) is 0 Å². The third-order valence-electron chi connectivity index (χ3n) is 8.66. The first-order valence-corrected chi connectivity index (χ1v) is 15.5. The molecule has 8 rings (SSSR count). The van der Waals surface area contributed by atoms with E-state index in [1.807, 2.05) is 0 Å². The van der Waals surface area contributed by atoms with Crippen molar-refractivity contribution in [3.8, 4) is 39.8 Å². The number of aromatic nitrogens is 9. The number of fused-ring (bicyclic) bond motifs is 1. The lowest BCUT2D eigenvalue weighted by Gasteiger charge is -2.15. The summed E-state index contributed by atoms with van der Waals surface area (Å²) < 4.78 is 49.3. The van der Waals surface area contributed by atoms with Gasteiger partial charge in [0.1, 0.15) is 29.2 Å². The number of rotatable bonds is 8. The van der Waals surface area contributed by atoms with Gasteiger partial charge in [-0.2, -0.15) is 13.2 Å². The van der Waals surface area contributed by atoms with Crippen LogP contribution >= 0.6 is 0 Å². The van der Waals surface area contributed by atoms with E-state index in [1.165, 1.54) is 13.4 Å². The number of hydrogen-bond donors (Lipinski definition) is 0. The quantitative estimate of drug-likeness (QED) is 0.190. The molecule has 0 radical (unpaired) electrons. The van der Waals surface area contributed by atoms with Gasteiger partial charge in [0.25, 0.3) is 5.56 Å². The van der Waals surface area contributed by atoms with Crippen LogP contribution in [-0.2, 0) is 12.7 Å². The smallest absolute Gasteiger partial charge is 0.434 e. The van der Waals surface area contributed by atoms with Crippen molar-refractivity contribution in [2.75, 3.05) is 7.11 Å². The Balaban J connectivity index is 1.24. The second-order valence-corrected chi connectivity index (χ2v) is 12.1. The second kappa shape index (κ2) is 11.3. The summed E-state index contributed by atoms with van der Waals surface area (Å²) in [6, 6.07) is 8.77. The molecule has 5 aromatic heterocycles. The summed E-state index contributed by atoms with van der Waals surface area (Å²) >= 11 is 0. The number of imidazole rings is 1. The zero-order chi connectivity index (χ0) is 33.2. The van der Waals surface area contributed by atoms with Crippen LogP contribution in [-0.4, -0.2) is 51.1 Å². The van der Waals surface area contributed by atoms with Gasteiger partial charge in [0, 0.05) is 53.3 Å². The fourth-order valence-corrected chi connectivity index (χ4v) is 5.89. The number of alkyl halides is 3. The van der Waals surface area contributed by atoms with Gasteiger partial charge in [0.2, 0.25) is 5.88 Å². The fourth-order valence-electron chi connectivity index (χ4n) is 5.89. The van der Waals surface area contributed by atoms with E-state index in [-0.39, 0.29) is 29.9 Å². The molecule has 2 aliphatic rings. The first-order chi connectivity index (χ1) is 23.2. The molecule has 1 aromatic carbocycles. The van der Waals surface area contributed by atoms with Crippen molar-refractivity contribution in [1.82, 2.24) is 44.0 Å². The topological polar surface area (TPSA) is 126 Å². The largest absolute Gasteiger partial charge is 0.480 e. The number of hydrogen-bond acceptors (Lipinski definition) is 9. The van der Waals surface area contributed by atoms with Crippen LogP contribution in [0.3, 0.4) is 0 Å². The van der Waals surface area contributed by atoms with Crippen molar-refractivity contribution in [3.63, 3.8) is 0 Å². The second-order valence-electron chi connectivity index (χ2n) is 12.1. The molecule has 0 saturated heterocycles. The Kier molecular flexibility index (Phi) is 7.04. The molecular weight excluding hydrogens is 623 g/mol. The maximum Gasteiger partial charge on any atom is 0.434 e. The molecule has 0 amide bonds. The highest BCUT2D eigenvalue weighted by Gasteiger charge is 2.37. The SMILES string of the molecule is COc1ncnc(C2CC2)c1-c1ncc2cc(-c3cnc(C)nc3)c(=O)n(Cc3ccc(-c4nc(C(F)(F)F)cn4C4CC4)cc3)c2n1. The molecule has 0 spiro atoms. The van der Waals surface area contributed by atoms with Crippen molar-refractivity contribution in [3.05, 3.63) is 94.6 Å². The lowest BCUT2D eigenvalue weighted by molar-refractivity contribution is -0.140. The number of pyridine rings is 1. The molecule has 11 nitrogen and oxygen atoms in total. The molecule has 2 aliphatic carbocycles. The molecule has 0 aliphatic heterocycles. The first kappa shape index (κ1) is 29.8. The van der Waals surface area contributed by atoms with E-state index < -0.39 is 11.9 Å². The first-order valence-electron chi connectivity index (χ1n) is 15.5. The van der Waals surface area contributed by atoms with Crippen LogP contribution in [0.1, 0.15) is 60.4 Å². The van der Waals surface area contributed by atoms with E-state index >= 15 is 0 Å². The molecular formula is C34H28F3N9O2. The van der Waals surface area contributed by atoms with Crippen molar-refractivity contribution >= 4 is 11.0 Å². The monoisotopic (exact) mass is 651 g/mol. The van der Waals surface area contributed by atoms with E-state index in [2.05, 4.69) is 29.9 Å². The minimum Gasteiger partial charge on any atom is -0.480 e. The van der Waals surface area contributed by atoms with E-state index in [1.54, 1.807) is 65.0 Å². The molecule has 0 atom stereocenters. The molecule has 0 bridgehead atoms. The van der Waals surface area contributed by atoms with E-state index in [0.717, 1.165) is 43.1 Å². The highest BCUT2D eigenvalue weighted by molar-refractivity contribution is 5.82. The van der Waals surface area contributed by atoms with Gasteiger partial charge in [0.15, 0.2) is 11.5 Å². The van der Waals surface area contributed by atoms with E-state index in [0.29, 0.717) is 50.8 Å². The van der Waals surface area contributed by atoms with Crippen LogP contribution in [0, 0.1) is 6.92 Å². The van der Waals surface area contributed by atoms with Crippen molar-refractivity contribution < 1.29 is 17.9 Å². The van der Waals surface area contributed by atoms with Crippen LogP contribution < -0.4 is 10.3 Å². The van der Waals surface area contributed by atoms with Gasteiger partial charge in [-0.1, -0.05) is 24.3 Å². The predicted octanol–water partition coefficient (Wildman–Crippen LogP) is 6.17. The van der Waals surface area contributed by atoms with Crippen LogP contribution in [0.5, 0.6) is 5.88 Å². The zero-order valence-corrected chi connectivity index (χ0v) is 25.9. The van der Waals surface area contributed by atoms with Crippen LogP contribution in [0.2, 0.25) is 0 Å². The van der Waals surface area contributed by atoms with Crippen molar-refractivity contribution in [1.29, 1.82) is 0 Å². The number of nitrogens with zero attached hydrogens (tertiary/aromatic N) is 9. The Morgan fingerprint density at radius 3 is 2.33 bits per heavy atom. The number of benzene rings is 1. The highest BCUT2D eigenvalue weighted by Crippen LogP contribution is 2.45. The molecule has 5 heterocycles. The molecule has 48 heavy (non-hydrogen) atoms. The summed E-state index contributed by atoms with van der Waals surface area (Å²) in [7, 11) is 1.53. The van der Waals surface area contributed by atoms with Gasteiger partial charge in [-0.25, -0.2) is 34.9 Å². The summed E-state index contributed by atoms with van der Waals surface area (Å²) in [6.45, 7) is 1.88. The Hall–Kier alpha value is -5.53. The number of halogens is 3. The summed E-state index contributed by atoms with van der Waals surface area (Å²) in [5.41, 5.74) is 2.76. The average molecular weight is 652 g/mol. The van der Waals surface area contributed by atoms with Gasteiger partial charge in [-0.05, 0) is 44.2 Å². The third-order valence-corrected chi connectivity index (χ3v) is 8.66. The van der Waals surface area contributed by atoms with Crippen LogP contribution in [0.4, 0.5) is 13.2 Å². The number of methoxy groups -OCH3 is 1. The molecule has 6 aromatic rings. The summed E-state index contributed by atoms with van der Waals surface area (Å²) in [4.78, 5) is 45.1. The maximum absolute atomic E-state index is 14.2. The number of ether oxygens (including phenoxy) is 1. The fraction of sp³-hybridized carbons (Fsp3) is 0.294. The Morgan fingerprint density at radius 2 is 1.67 bits per heavy atom. The Morgan fingerprint density at radius 1 is 0.917 bits per heavy atom. The van der Waals surface area contributed by atoms with Gasteiger partial charge in [-0.3, -0.25) is 9.36 Å².